The largest absolute Gasteiger partial charge is 0.493 e. The number of carbonyl (C=O) groups is 1. The number of amides is 1. The Kier molecular flexibility index (Phi) is 7.87. The maximum absolute atomic E-state index is 12.5. The molecule has 0 aliphatic rings. The number of oxazole rings is 1. The van der Waals surface area contributed by atoms with E-state index in [2.05, 4.69) is 5.32 Å². The first-order valence-corrected chi connectivity index (χ1v) is 10.5. The highest BCUT2D eigenvalue weighted by molar-refractivity contribution is 5.93. The standard InChI is InChI=1S/C23H26F3N3O5/c1-28(2)10-11-29-17-13-16(6-8-18(17)34-22(29)31)27-21(30)9-5-15-4-7-19(20(12-15)32-3)33-14-23(24,25)26/h4,6-8,12-13H,5,9-11,14H2,1-3H3,(H,27,30). The van der Waals surface area contributed by atoms with E-state index < -0.39 is 18.5 Å². The van der Waals surface area contributed by atoms with Crippen LogP contribution in [0.2, 0.25) is 0 Å². The van der Waals surface area contributed by atoms with Crippen molar-refractivity contribution >= 4 is 22.7 Å². The average Bonchev–Trinajstić information content (AvgIpc) is 3.08. The molecule has 2 aromatic carbocycles. The summed E-state index contributed by atoms with van der Waals surface area (Å²) in [6, 6.07) is 9.47. The van der Waals surface area contributed by atoms with Gasteiger partial charge < -0.3 is 24.1 Å². The Morgan fingerprint density at radius 1 is 1.15 bits per heavy atom. The normalized spacial score (nSPS) is 11.7. The number of ether oxygens (including phenoxy) is 2. The topological polar surface area (TPSA) is 85.9 Å². The van der Waals surface area contributed by atoms with E-state index in [1.165, 1.54) is 17.7 Å². The van der Waals surface area contributed by atoms with Crippen LogP contribution in [0.25, 0.3) is 11.1 Å². The van der Waals surface area contributed by atoms with Crippen LogP contribution in [0.3, 0.4) is 0 Å². The number of nitrogens with zero attached hydrogens (tertiary/aromatic N) is 2. The van der Waals surface area contributed by atoms with Crippen LogP contribution in [-0.4, -0.2) is 55.9 Å². The number of methoxy groups -OCH3 is 1. The van der Waals surface area contributed by atoms with Gasteiger partial charge in [-0.2, -0.15) is 13.2 Å². The third-order valence-electron chi connectivity index (χ3n) is 4.98. The van der Waals surface area contributed by atoms with Gasteiger partial charge in [-0.3, -0.25) is 9.36 Å². The number of halogens is 3. The van der Waals surface area contributed by atoms with Gasteiger partial charge in [0.2, 0.25) is 5.91 Å². The predicted octanol–water partition coefficient (Wildman–Crippen LogP) is 3.68. The summed E-state index contributed by atoms with van der Waals surface area (Å²) < 4.78 is 53.8. The molecule has 0 saturated carbocycles. The highest BCUT2D eigenvalue weighted by Gasteiger charge is 2.29. The highest BCUT2D eigenvalue weighted by atomic mass is 19.4. The lowest BCUT2D eigenvalue weighted by Crippen LogP contribution is -2.23. The van der Waals surface area contributed by atoms with Gasteiger partial charge in [0.05, 0.1) is 12.6 Å². The van der Waals surface area contributed by atoms with E-state index in [1.807, 2.05) is 19.0 Å². The zero-order chi connectivity index (χ0) is 24.9. The average molecular weight is 481 g/mol. The molecule has 1 heterocycles. The fourth-order valence-corrected chi connectivity index (χ4v) is 3.28. The van der Waals surface area contributed by atoms with Crippen LogP contribution in [-0.2, 0) is 17.8 Å². The van der Waals surface area contributed by atoms with Crippen molar-refractivity contribution in [3.63, 3.8) is 0 Å². The van der Waals surface area contributed by atoms with E-state index in [0.29, 0.717) is 41.9 Å². The first-order valence-electron chi connectivity index (χ1n) is 10.5. The van der Waals surface area contributed by atoms with Crippen LogP contribution in [0.15, 0.2) is 45.6 Å². The predicted molar refractivity (Wildman–Crippen MR) is 121 cm³/mol. The number of alkyl halides is 3. The van der Waals surface area contributed by atoms with E-state index >= 15 is 0 Å². The fraction of sp³-hybridized carbons (Fsp3) is 0.391. The quantitative estimate of drug-likeness (QED) is 0.476. The second kappa shape index (κ2) is 10.6. The maximum atomic E-state index is 12.5. The number of carbonyl (C=O) groups excluding carboxylic acids is 1. The van der Waals surface area contributed by atoms with Gasteiger partial charge in [0.1, 0.15) is 0 Å². The molecule has 0 aliphatic heterocycles. The van der Waals surface area contributed by atoms with E-state index in [0.717, 1.165) is 0 Å². The minimum atomic E-state index is -4.46. The molecule has 0 saturated heterocycles. The fourth-order valence-electron chi connectivity index (χ4n) is 3.28. The first kappa shape index (κ1) is 25.2. The molecule has 0 fully saturated rings. The summed E-state index contributed by atoms with van der Waals surface area (Å²) in [6.45, 7) is -0.329. The van der Waals surface area contributed by atoms with Crippen LogP contribution in [0.5, 0.6) is 11.5 Å². The van der Waals surface area contributed by atoms with Crippen molar-refractivity contribution < 1.29 is 31.9 Å². The lowest BCUT2D eigenvalue weighted by atomic mass is 10.1. The molecule has 1 amide bonds. The van der Waals surface area contributed by atoms with Crippen LogP contribution in [0, 0.1) is 0 Å². The van der Waals surface area contributed by atoms with E-state index in [4.69, 9.17) is 13.9 Å². The maximum Gasteiger partial charge on any atom is 0.422 e. The summed E-state index contributed by atoms with van der Waals surface area (Å²) >= 11 is 0. The van der Waals surface area contributed by atoms with Gasteiger partial charge in [0.25, 0.3) is 0 Å². The van der Waals surface area contributed by atoms with Crippen molar-refractivity contribution in [1.82, 2.24) is 9.47 Å². The molecular weight excluding hydrogens is 455 g/mol. The number of aromatic nitrogens is 1. The molecule has 0 unspecified atom stereocenters. The summed E-state index contributed by atoms with van der Waals surface area (Å²) in [4.78, 5) is 26.5. The SMILES string of the molecule is COc1cc(CCC(=O)Nc2ccc3oc(=O)n(CCN(C)C)c3c2)ccc1OCC(F)(F)F. The number of hydrogen-bond acceptors (Lipinski definition) is 6. The van der Waals surface area contributed by atoms with Crippen molar-refractivity contribution in [2.24, 2.45) is 0 Å². The van der Waals surface area contributed by atoms with Gasteiger partial charge in [0, 0.05) is 25.2 Å². The van der Waals surface area contributed by atoms with E-state index in [-0.39, 0.29) is 23.8 Å². The molecule has 1 N–H and O–H groups in total. The number of aryl methyl sites for hydroxylation is 1. The molecule has 0 aliphatic carbocycles. The Balaban J connectivity index is 1.63. The van der Waals surface area contributed by atoms with Crippen molar-refractivity contribution in [2.75, 3.05) is 39.7 Å². The molecular formula is C23H26F3N3O5. The number of rotatable bonds is 10. The Labute approximate surface area is 193 Å². The number of benzene rings is 2. The van der Waals surface area contributed by atoms with Gasteiger partial charge >= 0.3 is 11.9 Å². The Morgan fingerprint density at radius 2 is 1.91 bits per heavy atom. The number of hydrogen-bond donors (Lipinski definition) is 1. The Hall–Kier alpha value is -3.47. The molecule has 1 aromatic heterocycles. The molecule has 0 radical (unpaired) electrons. The lowest BCUT2D eigenvalue weighted by Gasteiger charge is -2.13. The van der Waals surface area contributed by atoms with Crippen molar-refractivity contribution in [1.29, 1.82) is 0 Å². The molecule has 3 rings (SSSR count). The summed E-state index contributed by atoms with van der Waals surface area (Å²) in [7, 11) is 5.13. The minimum absolute atomic E-state index is 0.0262. The van der Waals surface area contributed by atoms with Gasteiger partial charge in [-0.25, -0.2) is 4.79 Å². The molecule has 8 nitrogen and oxygen atoms in total. The molecule has 34 heavy (non-hydrogen) atoms. The lowest BCUT2D eigenvalue weighted by molar-refractivity contribution is -0.153. The summed E-state index contributed by atoms with van der Waals surface area (Å²) in [5.74, 6) is -0.594. The van der Waals surface area contributed by atoms with Crippen molar-refractivity contribution in [3.05, 3.63) is 52.5 Å². The number of anilines is 1. The second-order valence-electron chi connectivity index (χ2n) is 7.94. The summed E-state index contributed by atoms with van der Waals surface area (Å²) in [5, 5.41) is 2.80. The summed E-state index contributed by atoms with van der Waals surface area (Å²) in [6.07, 6.45) is -3.99. The van der Waals surface area contributed by atoms with Crippen molar-refractivity contribution in [3.8, 4) is 11.5 Å². The summed E-state index contributed by atoms with van der Waals surface area (Å²) in [5.41, 5.74) is 2.24. The van der Waals surface area contributed by atoms with Crippen LogP contribution < -0.4 is 20.5 Å². The van der Waals surface area contributed by atoms with E-state index in [1.54, 1.807) is 30.3 Å². The molecule has 184 valence electrons. The first-order chi connectivity index (χ1) is 16.1. The van der Waals surface area contributed by atoms with E-state index in [9.17, 15) is 22.8 Å². The Morgan fingerprint density at radius 3 is 2.59 bits per heavy atom. The zero-order valence-electron chi connectivity index (χ0n) is 19.1. The van der Waals surface area contributed by atoms with Gasteiger partial charge in [0.15, 0.2) is 23.7 Å². The van der Waals surface area contributed by atoms with Crippen molar-refractivity contribution in [2.45, 2.75) is 25.6 Å². The zero-order valence-corrected chi connectivity index (χ0v) is 19.1. The van der Waals surface area contributed by atoms with Gasteiger partial charge in [-0.1, -0.05) is 6.07 Å². The van der Waals surface area contributed by atoms with Crippen LogP contribution in [0.4, 0.5) is 18.9 Å². The van der Waals surface area contributed by atoms with Crippen LogP contribution in [0.1, 0.15) is 12.0 Å². The second-order valence-corrected chi connectivity index (χ2v) is 7.94. The van der Waals surface area contributed by atoms with Crippen LogP contribution >= 0.6 is 0 Å². The highest BCUT2D eigenvalue weighted by Crippen LogP contribution is 2.30. The monoisotopic (exact) mass is 481 g/mol. The molecule has 0 bridgehead atoms. The smallest absolute Gasteiger partial charge is 0.422 e. The molecule has 0 spiro atoms. The molecule has 11 heteroatoms. The molecule has 3 aromatic rings. The number of nitrogens with one attached hydrogen (secondary N) is 1. The third kappa shape index (κ3) is 6.77. The minimum Gasteiger partial charge on any atom is -0.493 e. The number of likely N-dealkylation sites (N-methyl/N-ethyl adjacent to an activating group) is 1. The number of fused-ring (bicyclic) bond motifs is 1. The Bertz CT molecular complexity index is 1200. The molecule has 0 atom stereocenters. The third-order valence-corrected chi connectivity index (χ3v) is 4.98. The van der Waals surface area contributed by atoms with Gasteiger partial charge in [-0.05, 0) is 56.4 Å². The van der Waals surface area contributed by atoms with Gasteiger partial charge in [-0.15, -0.1) is 0 Å².